The third kappa shape index (κ3) is 7.11. The number of ketones is 1. The summed E-state index contributed by atoms with van der Waals surface area (Å²) in [4.78, 5) is 12.6. The van der Waals surface area contributed by atoms with Gasteiger partial charge >= 0.3 is 0 Å². The van der Waals surface area contributed by atoms with Crippen molar-refractivity contribution in [2.45, 2.75) is 56.6 Å². The summed E-state index contributed by atoms with van der Waals surface area (Å²) in [5, 5.41) is 0.262. The van der Waals surface area contributed by atoms with Crippen LogP contribution in [0.15, 0.2) is 0 Å². The first-order valence-corrected chi connectivity index (χ1v) is 11.3. The van der Waals surface area contributed by atoms with Gasteiger partial charge in [-0.1, -0.05) is 19.3 Å². The molecule has 0 bridgehead atoms. The van der Waals surface area contributed by atoms with E-state index >= 15 is 0 Å². The van der Waals surface area contributed by atoms with Crippen molar-refractivity contribution in [3.05, 3.63) is 0 Å². The Morgan fingerprint density at radius 1 is 1.26 bits per heavy atom. The summed E-state index contributed by atoms with van der Waals surface area (Å²) in [6.07, 6.45) is 7.11. The Hall–Kier alpha value is -0.110. The molecule has 0 aromatic carbocycles. The van der Waals surface area contributed by atoms with E-state index in [1.807, 2.05) is 11.8 Å². The van der Waals surface area contributed by atoms with Crippen LogP contribution in [0, 0.1) is 11.8 Å². The molecule has 23 heavy (non-hydrogen) atoms. The van der Waals surface area contributed by atoms with Crippen LogP contribution in [-0.4, -0.2) is 48.7 Å². The summed E-state index contributed by atoms with van der Waals surface area (Å²) < 4.78 is 36.3. The van der Waals surface area contributed by atoms with Gasteiger partial charge in [-0.2, -0.15) is 20.2 Å². The Morgan fingerprint density at radius 3 is 2.61 bits per heavy atom. The molecule has 7 heteroatoms. The standard InChI is InChI=1S/C16H28O5S2/c17-15(13-5-2-1-3-6-13)11-14(7-4-10-23(18,19)20)16-12-21-8-9-22-16/h13-14,16H,1-12H2,(H,18,19,20). The van der Waals surface area contributed by atoms with Crippen LogP contribution < -0.4 is 0 Å². The van der Waals surface area contributed by atoms with E-state index in [2.05, 4.69) is 0 Å². The molecule has 2 rings (SSSR count). The molecule has 134 valence electrons. The molecule has 2 unspecified atom stereocenters. The highest BCUT2D eigenvalue weighted by Gasteiger charge is 2.30. The molecular weight excluding hydrogens is 336 g/mol. The zero-order valence-electron chi connectivity index (χ0n) is 13.6. The lowest BCUT2D eigenvalue weighted by Crippen LogP contribution is -2.32. The van der Waals surface area contributed by atoms with Crippen molar-refractivity contribution in [3.8, 4) is 0 Å². The maximum absolute atomic E-state index is 12.6. The fourth-order valence-corrected chi connectivity index (χ4v) is 5.32. The van der Waals surface area contributed by atoms with E-state index < -0.39 is 10.1 Å². The number of ether oxygens (including phenoxy) is 1. The van der Waals surface area contributed by atoms with Crippen molar-refractivity contribution in [3.63, 3.8) is 0 Å². The van der Waals surface area contributed by atoms with Crippen LogP contribution in [0.25, 0.3) is 0 Å². The molecule has 0 aromatic rings. The van der Waals surface area contributed by atoms with Crippen LogP contribution >= 0.6 is 11.8 Å². The molecule has 1 heterocycles. The number of hydrogen-bond donors (Lipinski definition) is 1. The van der Waals surface area contributed by atoms with E-state index in [4.69, 9.17) is 9.29 Å². The van der Waals surface area contributed by atoms with Crippen molar-refractivity contribution in [1.29, 1.82) is 0 Å². The highest BCUT2D eigenvalue weighted by atomic mass is 32.2. The number of thioether (sulfide) groups is 1. The maximum Gasteiger partial charge on any atom is 0.264 e. The van der Waals surface area contributed by atoms with Crippen molar-refractivity contribution in [1.82, 2.24) is 0 Å². The Bertz CT molecular complexity index is 465. The molecule has 5 nitrogen and oxygen atoms in total. The Labute approximate surface area is 143 Å². The van der Waals surface area contributed by atoms with E-state index in [0.717, 1.165) is 38.0 Å². The Morgan fingerprint density at radius 2 is 2.00 bits per heavy atom. The van der Waals surface area contributed by atoms with Crippen molar-refractivity contribution in [2.75, 3.05) is 24.7 Å². The topological polar surface area (TPSA) is 80.7 Å². The predicted molar refractivity (Wildman–Crippen MR) is 92.4 cm³/mol. The Balaban J connectivity index is 1.90. The number of hydrogen-bond acceptors (Lipinski definition) is 5. The molecule has 1 saturated carbocycles. The average molecular weight is 365 g/mol. The second-order valence-electron chi connectivity index (χ2n) is 6.68. The first kappa shape index (κ1) is 19.2. The minimum Gasteiger partial charge on any atom is -0.379 e. The summed E-state index contributed by atoms with van der Waals surface area (Å²) in [5.74, 6) is 1.39. The summed E-state index contributed by atoms with van der Waals surface area (Å²) in [6.45, 7) is 1.38. The number of carbonyl (C=O) groups is 1. The fourth-order valence-electron chi connectivity index (χ4n) is 3.58. The summed E-state index contributed by atoms with van der Waals surface area (Å²) in [5.41, 5.74) is 0. The van der Waals surface area contributed by atoms with Crippen LogP contribution in [0.4, 0.5) is 0 Å². The zero-order chi connectivity index (χ0) is 16.7. The molecule has 1 aliphatic carbocycles. The molecule has 2 fully saturated rings. The smallest absolute Gasteiger partial charge is 0.264 e. The monoisotopic (exact) mass is 364 g/mol. The van der Waals surface area contributed by atoms with Crippen LogP contribution in [0.1, 0.15) is 51.4 Å². The molecular formula is C16H28O5S2. The van der Waals surface area contributed by atoms with Gasteiger partial charge in [0.25, 0.3) is 10.1 Å². The van der Waals surface area contributed by atoms with E-state index in [1.54, 1.807) is 0 Å². The average Bonchev–Trinajstić information content (AvgIpc) is 2.54. The van der Waals surface area contributed by atoms with Gasteiger partial charge in [0.15, 0.2) is 0 Å². The quantitative estimate of drug-likeness (QED) is 0.667. The summed E-state index contributed by atoms with van der Waals surface area (Å²) >= 11 is 1.83. The molecule has 2 aliphatic rings. The van der Waals surface area contributed by atoms with Gasteiger partial charge in [-0.3, -0.25) is 9.35 Å². The number of Topliss-reactive ketones (excluding diaryl/α,β-unsaturated/α-hetero) is 1. The van der Waals surface area contributed by atoms with Crippen LogP contribution in [0.3, 0.4) is 0 Å². The van der Waals surface area contributed by atoms with E-state index in [-0.39, 0.29) is 22.8 Å². The first-order chi connectivity index (χ1) is 11.0. The van der Waals surface area contributed by atoms with Crippen molar-refractivity contribution in [2.24, 2.45) is 11.8 Å². The molecule has 0 radical (unpaired) electrons. The molecule has 0 amide bonds. The number of carbonyl (C=O) groups excluding carboxylic acids is 1. The molecule has 0 aromatic heterocycles. The van der Waals surface area contributed by atoms with Crippen LogP contribution in [0.5, 0.6) is 0 Å². The fraction of sp³-hybridized carbons (Fsp3) is 0.938. The van der Waals surface area contributed by atoms with Crippen LogP contribution in [0.2, 0.25) is 0 Å². The third-order valence-corrected chi connectivity index (χ3v) is 7.02. The highest BCUT2D eigenvalue weighted by molar-refractivity contribution is 8.00. The van der Waals surface area contributed by atoms with Gasteiger partial charge in [-0.05, 0) is 31.6 Å². The molecule has 0 spiro atoms. The van der Waals surface area contributed by atoms with Crippen molar-refractivity contribution < 1.29 is 22.5 Å². The highest BCUT2D eigenvalue weighted by Crippen LogP contribution is 2.33. The molecule has 1 saturated heterocycles. The normalized spacial score (nSPS) is 25.2. The van der Waals surface area contributed by atoms with Gasteiger partial charge in [-0.25, -0.2) is 0 Å². The zero-order valence-corrected chi connectivity index (χ0v) is 15.2. The van der Waals surface area contributed by atoms with Gasteiger partial charge in [-0.15, -0.1) is 0 Å². The molecule has 1 aliphatic heterocycles. The maximum atomic E-state index is 12.6. The van der Waals surface area contributed by atoms with E-state index in [9.17, 15) is 13.2 Å². The minimum atomic E-state index is -3.92. The van der Waals surface area contributed by atoms with Gasteiger partial charge < -0.3 is 4.74 Å². The lowest BCUT2D eigenvalue weighted by Gasteiger charge is -2.31. The van der Waals surface area contributed by atoms with Crippen molar-refractivity contribution >= 4 is 27.7 Å². The summed E-state index contributed by atoms with van der Waals surface area (Å²) in [6, 6.07) is 0. The molecule has 1 N–H and O–H groups in total. The Kier molecular flexibility index (Phi) is 7.85. The lowest BCUT2D eigenvalue weighted by atomic mass is 9.81. The predicted octanol–water partition coefficient (Wildman–Crippen LogP) is 2.94. The SMILES string of the molecule is O=C(CC(CCCS(=O)(=O)O)C1COCCS1)C1CCCCC1. The molecule has 2 atom stereocenters. The largest absolute Gasteiger partial charge is 0.379 e. The summed E-state index contributed by atoms with van der Waals surface area (Å²) in [7, 11) is -3.92. The first-order valence-electron chi connectivity index (χ1n) is 8.63. The second kappa shape index (κ2) is 9.39. The van der Waals surface area contributed by atoms with Gasteiger partial charge in [0.1, 0.15) is 5.78 Å². The van der Waals surface area contributed by atoms with E-state index in [1.165, 1.54) is 6.42 Å². The van der Waals surface area contributed by atoms with Gasteiger partial charge in [0.05, 0.1) is 19.0 Å². The van der Waals surface area contributed by atoms with Crippen LogP contribution in [-0.2, 0) is 19.6 Å². The minimum absolute atomic E-state index is 0.150. The third-order valence-electron chi connectivity index (χ3n) is 4.87. The lowest BCUT2D eigenvalue weighted by molar-refractivity contribution is -0.124. The van der Waals surface area contributed by atoms with Gasteiger partial charge in [0.2, 0.25) is 0 Å². The van der Waals surface area contributed by atoms with Gasteiger partial charge in [0, 0.05) is 23.3 Å². The number of rotatable bonds is 8. The second-order valence-corrected chi connectivity index (χ2v) is 9.60. The van der Waals surface area contributed by atoms with E-state index in [0.29, 0.717) is 31.7 Å².